The lowest BCUT2D eigenvalue weighted by Gasteiger charge is -2.45. The number of carbonyl (C=O) groups is 1. The first-order chi connectivity index (χ1) is 17.0. The quantitative estimate of drug-likeness (QED) is 0.394. The first-order valence-corrected chi connectivity index (χ1v) is 12.4. The van der Waals surface area contributed by atoms with Gasteiger partial charge in [-0.25, -0.2) is 4.68 Å². The van der Waals surface area contributed by atoms with Gasteiger partial charge in [0, 0.05) is 21.6 Å². The number of aromatic nitrogens is 2. The molecule has 10 heteroatoms. The number of likely N-dealkylation sites (N-methyl/N-ethyl adjacent to an activating group) is 1. The van der Waals surface area contributed by atoms with Gasteiger partial charge in [0.2, 0.25) is 0 Å². The van der Waals surface area contributed by atoms with Crippen molar-refractivity contribution in [1.82, 2.24) is 20.0 Å². The van der Waals surface area contributed by atoms with Crippen molar-refractivity contribution in [2.45, 2.75) is 49.9 Å². The highest BCUT2D eigenvalue weighted by molar-refractivity contribution is 6.30. The van der Waals surface area contributed by atoms with Gasteiger partial charge in [-0.05, 0) is 88.2 Å². The van der Waals surface area contributed by atoms with Crippen LogP contribution < -0.4 is 5.32 Å². The minimum Gasteiger partial charge on any atom is -0.349 e. The topological polar surface area (TPSA) is 50.2 Å². The molecule has 0 aliphatic heterocycles. The maximum atomic E-state index is 14.0. The molecule has 1 aromatic heterocycles. The Morgan fingerprint density at radius 2 is 1.78 bits per heavy atom. The molecule has 1 saturated carbocycles. The largest absolute Gasteiger partial charge is 0.434 e. The molecular weight excluding hydrogens is 512 g/mol. The van der Waals surface area contributed by atoms with Gasteiger partial charge in [0.1, 0.15) is 0 Å². The van der Waals surface area contributed by atoms with E-state index in [1.807, 2.05) is 38.4 Å². The molecule has 0 radical (unpaired) electrons. The zero-order valence-electron chi connectivity index (χ0n) is 19.9. The number of nitrogens with zero attached hydrogens (tertiary/aromatic N) is 3. The van der Waals surface area contributed by atoms with Crippen molar-refractivity contribution >= 4 is 29.1 Å². The SMILES string of the molecule is CN(C)C1(Cc2cccc(Cl)c2)CCC(NC(=O)c2cnn(-c3ccc(Cl)cc3)c2C(F)(F)F)CC1. The molecule has 2 aromatic carbocycles. The lowest BCUT2D eigenvalue weighted by Crippen LogP contribution is -2.52. The lowest BCUT2D eigenvalue weighted by atomic mass is 9.74. The maximum absolute atomic E-state index is 14.0. The second-order valence-electron chi connectivity index (χ2n) is 9.47. The van der Waals surface area contributed by atoms with Gasteiger partial charge in [0.25, 0.3) is 5.91 Å². The molecule has 1 heterocycles. The third-order valence-corrected chi connectivity index (χ3v) is 7.46. The highest BCUT2D eigenvalue weighted by atomic mass is 35.5. The smallest absolute Gasteiger partial charge is 0.349 e. The monoisotopic (exact) mass is 538 g/mol. The zero-order chi connectivity index (χ0) is 26.1. The summed E-state index contributed by atoms with van der Waals surface area (Å²) in [5.41, 5.74) is -0.437. The Morgan fingerprint density at radius 3 is 2.36 bits per heavy atom. The summed E-state index contributed by atoms with van der Waals surface area (Å²) in [6.45, 7) is 0. The van der Waals surface area contributed by atoms with Crippen LogP contribution in [0.15, 0.2) is 54.7 Å². The van der Waals surface area contributed by atoms with E-state index in [-0.39, 0.29) is 17.3 Å². The van der Waals surface area contributed by atoms with Crippen LogP contribution in [0, 0.1) is 0 Å². The number of hydrogen-bond donors (Lipinski definition) is 1. The summed E-state index contributed by atoms with van der Waals surface area (Å²) in [6, 6.07) is 13.3. The van der Waals surface area contributed by atoms with Gasteiger partial charge in [-0.1, -0.05) is 35.3 Å². The molecule has 1 aliphatic carbocycles. The summed E-state index contributed by atoms with van der Waals surface area (Å²) in [5.74, 6) is -0.778. The number of benzene rings is 2. The Hall–Kier alpha value is -2.55. The predicted molar refractivity (Wildman–Crippen MR) is 135 cm³/mol. The van der Waals surface area contributed by atoms with Crippen LogP contribution in [0.3, 0.4) is 0 Å². The Morgan fingerprint density at radius 1 is 1.11 bits per heavy atom. The van der Waals surface area contributed by atoms with Crippen molar-refractivity contribution in [3.05, 3.63) is 81.6 Å². The van der Waals surface area contributed by atoms with E-state index in [1.54, 1.807) is 0 Å². The molecule has 1 aliphatic rings. The van der Waals surface area contributed by atoms with Crippen molar-refractivity contribution in [2.75, 3.05) is 14.1 Å². The maximum Gasteiger partial charge on any atom is 0.434 e. The minimum absolute atomic E-state index is 0.123. The number of halogens is 5. The Bertz CT molecular complexity index is 1220. The standard InChI is InChI=1S/C26H27Cl2F3N4O/c1-34(2)25(15-17-4-3-5-19(28)14-17)12-10-20(11-13-25)33-24(36)22-16-32-35(23(22)26(29,30)31)21-8-6-18(27)7-9-21/h3-9,14,16,20H,10-13,15H2,1-2H3,(H,33,36). The molecule has 36 heavy (non-hydrogen) atoms. The summed E-state index contributed by atoms with van der Waals surface area (Å²) in [6.07, 6.45) is -0.131. The molecule has 3 aromatic rings. The fraction of sp³-hybridized carbons (Fsp3) is 0.385. The summed E-state index contributed by atoms with van der Waals surface area (Å²) >= 11 is 12.0. The van der Waals surface area contributed by atoms with Crippen molar-refractivity contribution in [2.24, 2.45) is 0 Å². The fourth-order valence-corrected chi connectivity index (χ4v) is 5.28. The summed E-state index contributed by atoms with van der Waals surface area (Å²) in [4.78, 5) is 15.2. The van der Waals surface area contributed by atoms with E-state index in [0.717, 1.165) is 35.7 Å². The van der Waals surface area contributed by atoms with Crippen LogP contribution in [0.1, 0.15) is 47.3 Å². The molecule has 4 rings (SSSR count). The highest BCUT2D eigenvalue weighted by Gasteiger charge is 2.42. The number of amides is 1. The number of carbonyl (C=O) groups excluding carboxylic acids is 1. The summed E-state index contributed by atoms with van der Waals surface area (Å²) in [7, 11) is 4.06. The zero-order valence-corrected chi connectivity index (χ0v) is 21.5. The van der Waals surface area contributed by atoms with E-state index >= 15 is 0 Å². The summed E-state index contributed by atoms with van der Waals surface area (Å²) in [5, 5.41) is 7.76. The third kappa shape index (κ3) is 5.71. The van der Waals surface area contributed by atoms with Gasteiger partial charge in [0.05, 0.1) is 17.4 Å². The van der Waals surface area contributed by atoms with Crippen molar-refractivity contribution in [3.63, 3.8) is 0 Å². The molecule has 5 nitrogen and oxygen atoms in total. The number of nitrogens with one attached hydrogen (secondary N) is 1. The van der Waals surface area contributed by atoms with Crippen LogP contribution >= 0.6 is 23.2 Å². The van der Waals surface area contributed by atoms with Crippen LogP contribution in [0.2, 0.25) is 10.0 Å². The molecule has 0 atom stereocenters. The minimum atomic E-state index is -4.77. The van der Waals surface area contributed by atoms with E-state index in [1.165, 1.54) is 24.3 Å². The third-order valence-electron chi connectivity index (χ3n) is 6.98. The van der Waals surface area contributed by atoms with Crippen molar-refractivity contribution < 1.29 is 18.0 Å². The molecule has 192 valence electrons. The number of rotatable bonds is 6. The van der Waals surface area contributed by atoms with Crippen LogP contribution in [-0.2, 0) is 12.6 Å². The molecule has 0 unspecified atom stereocenters. The summed E-state index contributed by atoms with van der Waals surface area (Å²) < 4.78 is 42.7. The molecular formula is C26H27Cl2F3N4O. The predicted octanol–water partition coefficient (Wildman–Crippen LogP) is 6.41. The lowest BCUT2D eigenvalue weighted by molar-refractivity contribution is -0.143. The van der Waals surface area contributed by atoms with Gasteiger partial charge >= 0.3 is 6.18 Å². The van der Waals surface area contributed by atoms with E-state index < -0.39 is 23.3 Å². The van der Waals surface area contributed by atoms with Crippen LogP contribution in [0.4, 0.5) is 13.2 Å². The fourth-order valence-electron chi connectivity index (χ4n) is 4.94. The van der Waals surface area contributed by atoms with Crippen LogP contribution in [0.25, 0.3) is 5.69 Å². The molecule has 1 N–H and O–H groups in total. The van der Waals surface area contributed by atoms with E-state index in [0.29, 0.717) is 22.9 Å². The number of alkyl halides is 3. The normalized spacial score (nSPS) is 20.5. The number of hydrogen-bond acceptors (Lipinski definition) is 3. The molecule has 1 fully saturated rings. The van der Waals surface area contributed by atoms with E-state index in [2.05, 4.69) is 15.3 Å². The first-order valence-electron chi connectivity index (χ1n) is 11.6. The Kier molecular flexibility index (Phi) is 7.69. The van der Waals surface area contributed by atoms with Crippen molar-refractivity contribution in [1.29, 1.82) is 0 Å². The first kappa shape index (κ1) is 26.5. The highest BCUT2D eigenvalue weighted by Crippen LogP contribution is 2.37. The van der Waals surface area contributed by atoms with Gasteiger partial charge < -0.3 is 10.2 Å². The van der Waals surface area contributed by atoms with Crippen LogP contribution in [0.5, 0.6) is 0 Å². The molecule has 1 amide bonds. The van der Waals surface area contributed by atoms with Gasteiger partial charge in [-0.2, -0.15) is 18.3 Å². The second kappa shape index (κ2) is 10.4. The average molecular weight is 539 g/mol. The van der Waals surface area contributed by atoms with Crippen molar-refractivity contribution in [3.8, 4) is 5.69 Å². The average Bonchev–Trinajstić information content (AvgIpc) is 3.27. The second-order valence-corrected chi connectivity index (χ2v) is 10.3. The van der Waals surface area contributed by atoms with E-state index in [4.69, 9.17) is 23.2 Å². The van der Waals surface area contributed by atoms with E-state index in [9.17, 15) is 18.0 Å². The van der Waals surface area contributed by atoms with Gasteiger partial charge in [-0.15, -0.1) is 0 Å². The Balaban J connectivity index is 1.49. The molecule has 0 bridgehead atoms. The van der Waals surface area contributed by atoms with Gasteiger partial charge in [0.15, 0.2) is 5.69 Å². The molecule has 0 saturated heterocycles. The van der Waals surface area contributed by atoms with Gasteiger partial charge in [-0.3, -0.25) is 4.79 Å². The Labute approximate surface area is 218 Å². The van der Waals surface area contributed by atoms with Crippen LogP contribution in [-0.4, -0.2) is 46.3 Å². The molecule has 0 spiro atoms.